The van der Waals surface area contributed by atoms with Gasteiger partial charge in [-0.3, -0.25) is 0 Å². The van der Waals surface area contributed by atoms with Crippen LogP contribution >= 0.6 is 0 Å². The van der Waals surface area contributed by atoms with Crippen molar-refractivity contribution in [1.82, 2.24) is 9.55 Å². The summed E-state index contributed by atoms with van der Waals surface area (Å²) in [6.45, 7) is 1.93. The summed E-state index contributed by atoms with van der Waals surface area (Å²) in [5.41, 5.74) is 5.54. The Labute approximate surface area is 98.1 Å². The lowest BCUT2D eigenvalue weighted by molar-refractivity contribution is 0.315. The lowest BCUT2D eigenvalue weighted by atomic mass is 9.89. The van der Waals surface area contributed by atoms with Crippen molar-refractivity contribution in [3.63, 3.8) is 0 Å². The highest BCUT2D eigenvalue weighted by Crippen LogP contribution is 2.25. The first-order valence-corrected chi connectivity index (χ1v) is 6.60. The fourth-order valence-electron chi connectivity index (χ4n) is 2.64. The Bertz CT molecular complexity index is 300. The van der Waals surface area contributed by atoms with E-state index >= 15 is 0 Å². The van der Waals surface area contributed by atoms with Crippen molar-refractivity contribution in [1.29, 1.82) is 0 Å². The standard InChI is InChI=1S/C13H23N3/c14-8-4-7-13-15-9-10-16(13)11-12-5-2-1-3-6-12/h9-10,12H,1-8,11,14H2. The molecule has 1 aromatic rings. The minimum absolute atomic E-state index is 0.760. The van der Waals surface area contributed by atoms with Crippen LogP contribution in [0, 0.1) is 5.92 Å². The van der Waals surface area contributed by atoms with Crippen molar-refractivity contribution < 1.29 is 0 Å². The van der Waals surface area contributed by atoms with Crippen LogP contribution in [0.4, 0.5) is 0 Å². The zero-order valence-electron chi connectivity index (χ0n) is 10.1. The quantitative estimate of drug-likeness (QED) is 0.829. The minimum atomic E-state index is 0.760. The molecule has 3 nitrogen and oxygen atoms in total. The highest BCUT2D eigenvalue weighted by atomic mass is 15.1. The number of nitrogens with two attached hydrogens (primary N) is 1. The van der Waals surface area contributed by atoms with Gasteiger partial charge in [0, 0.05) is 25.4 Å². The molecule has 1 saturated carbocycles. The van der Waals surface area contributed by atoms with Crippen molar-refractivity contribution in [2.45, 2.75) is 51.5 Å². The highest BCUT2D eigenvalue weighted by Gasteiger charge is 2.15. The molecule has 0 amide bonds. The fraction of sp³-hybridized carbons (Fsp3) is 0.769. The second-order valence-corrected chi connectivity index (χ2v) is 4.89. The smallest absolute Gasteiger partial charge is 0.108 e. The molecule has 1 fully saturated rings. The molecule has 1 aliphatic carbocycles. The van der Waals surface area contributed by atoms with Gasteiger partial charge in [0.25, 0.3) is 0 Å². The summed E-state index contributed by atoms with van der Waals surface area (Å²) in [5, 5.41) is 0. The van der Waals surface area contributed by atoms with E-state index in [1.165, 1.54) is 44.5 Å². The summed E-state index contributed by atoms with van der Waals surface area (Å²) < 4.78 is 2.34. The molecule has 90 valence electrons. The Kier molecular flexibility index (Phi) is 4.40. The molecule has 0 aromatic carbocycles. The zero-order chi connectivity index (χ0) is 11.2. The predicted molar refractivity (Wildman–Crippen MR) is 66.2 cm³/mol. The van der Waals surface area contributed by atoms with Gasteiger partial charge in [0.05, 0.1) is 0 Å². The number of hydrogen-bond donors (Lipinski definition) is 1. The average Bonchev–Trinajstić information content (AvgIpc) is 2.75. The number of aryl methyl sites for hydroxylation is 1. The first-order chi connectivity index (χ1) is 7.90. The van der Waals surface area contributed by atoms with Crippen LogP contribution in [0.2, 0.25) is 0 Å². The van der Waals surface area contributed by atoms with E-state index in [0.29, 0.717) is 0 Å². The van der Waals surface area contributed by atoms with Crippen LogP contribution in [0.25, 0.3) is 0 Å². The third-order valence-corrected chi connectivity index (χ3v) is 3.59. The highest BCUT2D eigenvalue weighted by molar-refractivity contribution is 4.93. The Hall–Kier alpha value is -0.830. The Morgan fingerprint density at radius 3 is 2.88 bits per heavy atom. The lowest BCUT2D eigenvalue weighted by Gasteiger charge is -2.22. The summed E-state index contributed by atoms with van der Waals surface area (Å²) in [6, 6.07) is 0. The molecule has 1 heterocycles. The summed E-state index contributed by atoms with van der Waals surface area (Å²) >= 11 is 0. The number of aromatic nitrogens is 2. The number of imidazole rings is 1. The van der Waals surface area contributed by atoms with Crippen molar-refractivity contribution >= 4 is 0 Å². The Morgan fingerprint density at radius 2 is 2.12 bits per heavy atom. The fourth-order valence-corrected chi connectivity index (χ4v) is 2.64. The van der Waals surface area contributed by atoms with Gasteiger partial charge < -0.3 is 10.3 Å². The second-order valence-electron chi connectivity index (χ2n) is 4.89. The summed E-state index contributed by atoms with van der Waals surface area (Å²) in [5.74, 6) is 2.09. The Balaban J connectivity index is 1.89. The second kappa shape index (κ2) is 6.04. The minimum Gasteiger partial charge on any atom is -0.335 e. The Morgan fingerprint density at radius 1 is 1.31 bits per heavy atom. The van der Waals surface area contributed by atoms with Crippen molar-refractivity contribution in [3.8, 4) is 0 Å². The molecule has 0 aliphatic heterocycles. The van der Waals surface area contributed by atoms with E-state index in [1.807, 2.05) is 6.20 Å². The van der Waals surface area contributed by atoms with Crippen LogP contribution in [0.3, 0.4) is 0 Å². The molecule has 0 bridgehead atoms. The maximum atomic E-state index is 5.54. The third-order valence-electron chi connectivity index (χ3n) is 3.59. The van der Waals surface area contributed by atoms with E-state index in [1.54, 1.807) is 0 Å². The molecule has 3 heteroatoms. The predicted octanol–water partition coefficient (Wildman–Crippen LogP) is 2.35. The molecule has 0 unspecified atom stereocenters. The first kappa shape index (κ1) is 11.6. The molecular weight excluding hydrogens is 198 g/mol. The van der Waals surface area contributed by atoms with Crippen LogP contribution < -0.4 is 5.73 Å². The zero-order valence-corrected chi connectivity index (χ0v) is 10.1. The van der Waals surface area contributed by atoms with Gasteiger partial charge in [0.2, 0.25) is 0 Å². The summed E-state index contributed by atoms with van der Waals surface area (Å²) in [7, 11) is 0. The molecule has 0 atom stereocenters. The van der Waals surface area contributed by atoms with Crippen LogP contribution in [-0.2, 0) is 13.0 Å². The van der Waals surface area contributed by atoms with E-state index < -0.39 is 0 Å². The van der Waals surface area contributed by atoms with Gasteiger partial charge in [-0.25, -0.2) is 4.98 Å². The average molecular weight is 221 g/mol. The number of nitrogens with zero attached hydrogens (tertiary/aromatic N) is 2. The van der Waals surface area contributed by atoms with E-state index in [4.69, 9.17) is 5.73 Å². The molecule has 1 aromatic heterocycles. The van der Waals surface area contributed by atoms with Crippen molar-refractivity contribution in [2.75, 3.05) is 6.54 Å². The first-order valence-electron chi connectivity index (χ1n) is 6.60. The van der Waals surface area contributed by atoms with Crippen LogP contribution in [0.1, 0.15) is 44.3 Å². The molecule has 0 spiro atoms. The molecule has 0 radical (unpaired) electrons. The monoisotopic (exact) mass is 221 g/mol. The molecule has 2 rings (SSSR count). The number of rotatable bonds is 5. The SMILES string of the molecule is NCCCc1nccn1CC1CCCCC1. The third kappa shape index (κ3) is 3.08. The molecule has 2 N–H and O–H groups in total. The van der Waals surface area contributed by atoms with E-state index in [9.17, 15) is 0 Å². The molecule has 1 aliphatic rings. The van der Waals surface area contributed by atoms with Gasteiger partial charge in [0.1, 0.15) is 5.82 Å². The maximum Gasteiger partial charge on any atom is 0.108 e. The van der Waals surface area contributed by atoms with Crippen LogP contribution in [0.15, 0.2) is 12.4 Å². The van der Waals surface area contributed by atoms with Gasteiger partial charge in [-0.15, -0.1) is 0 Å². The van der Waals surface area contributed by atoms with Crippen LogP contribution in [0.5, 0.6) is 0 Å². The number of hydrogen-bond acceptors (Lipinski definition) is 2. The van der Waals surface area contributed by atoms with Crippen molar-refractivity contribution in [2.24, 2.45) is 11.7 Å². The maximum absolute atomic E-state index is 5.54. The van der Waals surface area contributed by atoms with Crippen molar-refractivity contribution in [3.05, 3.63) is 18.2 Å². The normalized spacial score (nSPS) is 17.8. The molecular formula is C13H23N3. The van der Waals surface area contributed by atoms with Gasteiger partial charge in [-0.1, -0.05) is 19.3 Å². The van der Waals surface area contributed by atoms with E-state index in [0.717, 1.165) is 25.3 Å². The summed E-state index contributed by atoms with van der Waals surface area (Å²) in [4.78, 5) is 4.43. The van der Waals surface area contributed by atoms with Gasteiger partial charge in [0.15, 0.2) is 0 Å². The summed E-state index contributed by atoms with van der Waals surface area (Å²) in [6.07, 6.45) is 13.2. The van der Waals surface area contributed by atoms with Gasteiger partial charge in [-0.2, -0.15) is 0 Å². The van der Waals surface area contributed by atoms with E-state index in [2.05, 4.69) is 15.7 Å². The van der Waals surface area contributed by atoms with Gasteiger partial charge in [-0.05, 0) is 31.7 Å². The lowest BCUT2D eigenvalue weighted by Crippen LogP contribution is -2.16. The molecule has 0 saturated heterocycles. The van der Waals surface area contributed by atoms with E-state index in [-0.39, 0.29) is 0 Å². The van der Waals surface area contributed by atoms with Gasteiger partial charge >= 0.3 is 0 Å². The topological polar surface area (TPSA) is 43.8 Å². The molecule has 16 heavy (non-hydrogen) atoms. The van der Waals surface area contributed by atoms with Crippen LogP contribution in [-0.4, -0.2) is 16.1 Å². The largest absolute Gasteiger partial charge is 0.335 e.